The van der Waals surface area contributed by atoms with Crippen LogP contribution in [0.15, 0.2) is 18.2 Å². The first-order valence-electron chi connectivity index (χ1n) is 8.01. The van der Waals surface area contributed by atoms with E-state index in [0.29, 0.717) is 23.0 Å². The molecule has 2 aromatic heterocycles. The summed E-state index contributed by atoms with van der Waals surface area (Å²) in [5, 5.41) is 0.762. The van der Waals surface area contributed by atoms with E-state index in [1.807, 2.05) is 0 Å². The molecule has 0 aliphatic heterocycles. The summed E-state index contributed by atoms with van der Waals surface area (Å²) in [6.07, 6.45) is 0. The molecule has 1 aromatic carbocycles. The first kappa shape index (κ1) is 18.2. The molecule has 27 heavy (non-hydrogen) atoms. The number of nitrogens with one attached hydrogen (secondary N) is 1. The highest BCUT2D eigenvalue weighted by molar-refractivity contribution is 5.97. The van der Waals surface area contributed by atoms with Gasteiger partial charge in [0.2, 0.25) is 11.9 Å². The average Bonchev–Trinajstić information content (AvgIpc) is 3.08. The minimum absolute atomic E-state index is 0.0576. The summed E-state index contributed by atoms with van der Waals surface area (Å²) in [6, 6.07) is 5.18. The van der Waals surface area contributed by atoms with Gasteiger partial charge in [-0.25, -0.2) is 4.79 Å². The molecule has 0 unspecified atom stereocenters. The smallest absolute Gasteiger partial charge is 0.355 e. The number of benzene rings is 1. The topological polar surface area (TPSA) is 128 Å². The summed E-state index contributed by atoms with van der Waals surface area (Å²) in [6.45, 7) is -0.137. The number of carbonyl (C=O) groups is 1. The molecule has 2 heterocycles. The fraction of sp³-hybridized carbons (Fsp3) is 0.294. The highest BCUT2D eigenvalue weighted by Crippen LogP contribution is 2.31. The Hall–Kier alpha value is -3.56. The molecule has 10 heteroatoms. The fourth-order valence-corrected chi connectivity index (χ4v) is 2.47. The van der Waals surface area contributed by atoms with Gasteiger partial charge >= 0.3 is 5.97 Å². The summed E-state index contributed by atoms with van der Waals surface area (Å²) in [5.41, 5.74) is 6.60. The molecule has 0 fully saturated rings. The lowest BCUT2D eigenvalue weighted by Crippen LogP contribution is -2.17. The van der Waals surface area contributed by atoms with Gasteiger partial charge in [-0.05, 0) is 12.1 Å². The largest absolute Gasteiger partial charge is 0.497 e. The molecule has 10 nitrogen and oxygen atoms in total. The van der Waals surface area contributed by atoms with Crippen LogP contribution >= 0.6 is 0 Å². The van der Waals surface area contributed by atoms with Crippen LogP contribution in [0.25, 0.3) is 10.9 Å². The summed E-state index contributed by atoms with van der Waals surface area (Å²) < 4.78 is 15.9. The van der Waals surface area contributed by atoms with Crippen LogP contribution in [0.4, 0.5) is 11.9 Å². The zero-order valence-corrected chi connectivity index (χ0v) is 15.4. The number of H-pyrrole nitrogens is 1. The van der Waals surface area contributed by atoms with Gasteiger partial charge in [-0.2, -0.15) is 15.0 Å². The number of nitrogens with zero attached hydrogens (tertiary/aromatic N) is 4. The predicted octanol–water partition coefficient (Wildman–Crippen LogP) is 1.38. The molecule has 0 atom stereocenters. The highest BCUT2D eigenvalue weighted by Gasteiger charge is 2.16. The third kappa shape index (κ3) is 3.84. The van der Waals surface area contributed by atoms with Crippen LogP contribution in [0.3, 0.4) is 0 Å². The molecule has 0 aliphatic carbocycles. The van der Waals surface area contributed by atoms with Crippen molar-refractivity contribution in [1.82, 2.24) is 19.9 Å². The number of rotatable bonds is 6. The van der Waals surface area contributed by atoms with Gasteiger partial charge in [-0.15, -0.1) is 0 Å². The third-order valence-electron chi connectivity index (χ3n) is 3.76. The molecule has 142 valence electrons. The van der Waals surface area contributed by atoms with Crippen LogP contribution in [0.2, 0.25) is 0 Å². The van der Waals surface area contributed by atoms with Crippen molar-refractivity contribution in [3.05, 3.63) is 29.7 Å². The molecular formula is C17H20N6O4. The number of methoxy groups -OCH3 is 2. The van der Waals surface area contributed by atoms with E-state index in [4.69, 9.17) is 19.9 Å². The number of aromatic nitrogens is 4. The van der Waals surface area contributed by atoms with Gasteiger partial charge < -0.3 is 29.8 Å². The Kier molecular flexibility index (Phi) is 4.97. The second kappa shape index (κ2) is 7.36. The molecule has 0 radical (unpaired) electrons. The van der Waals surface area contributed by atoms with Gasteiger partial charge in [0.1, 0.15) is 17.2 Å². The molecule has 0 bridgehead atoms. The maximum absolute atomic E-state index is 12.4. The van der Waals surface area contributed by atoms with E-state index in [1.54, 1.807) is 51.4 Å². The number of nitrogens with two attached hydrogens (primary N) is 1. The zero-order chi connectivity index (χ0) is 19.6. The maximum atomic E-state index is 12.4. The van der Waals surface area contributed by atoms with E-state index < -0.39 is 5.97 Å². The van der Waals surface area contributed by atoms with Gasteiger partial charge in [0, 0.05) is 25.5 Å². The average molecular weight is 372 g/mol. The normalized spacial score (nSPS) is 10.7. The van der Waals surface area contributed by atoms with Crippen molar-refractivity contribution in [2.45, 2.75) is 6.61 Å². The first-order valence-corrected chi connectivity index (χ1v) is 8.01. The number of hydrogen-bond donors (Lipinski definition) is 2. The molecule has 3 N–H and O–H groups in total. The minimum atomic E-state index is -0.558. The van der Waals surface area contributed by atoms with Gasteiger partial charge in [0.15, 0.2) is 12.4 Å². The van der Waals surface area contributed by atoms with Crippen molar-refractivity contribution in [1.29, 1.82) is 0 Å². The monoisotopic (exact) mass is 372 g/mol. The van der Waals surface area contributed by atoms with Crippen molar-refractivity contribution in [2.75, 3.05) is 38.9 Å². The SMILES string of the molecule is COc1cc(OC)c2[nH]c(C(=O)OCc3nc(N)nc(N(C)C)n3)cc2c1. The Labute approximate surface area is 155 Å². The van der Waals surface area contributed by atoms with Crippen LogP contribution in [0, 0.1) is 0 Å². The van der Waals surface area contributed by atoms with E-state index >= 15 is 0 Å². The first-order chi connectivity index (χ1) is 12.9. The third-order valence-corrected chi connectivity index (χ3v) is 3.76. The Bertz CT molecular complexity index is 985. The number of aromatic amines is 1. The van der Waals surface area contributed by atoms with Crippen molar-refractivity contribution >= 4 is 28.8 Å². The van der Waals surface area contributed by atoms with Crippen LogP contribution in [-0.2, 0) is 11.3 Å². The number of anilines is 2. The van der Waals surface area contributed by atoms with E-state index in [0.717, 1.165) is 5.39 Å². The summed E-state index contributed by atoms with van der Waals surface area (Å²) in [5.74, 6) is 1.32. The van der Waals surface area contributed by atoms with E-state index in [2.05, 4.69) is 19.9 Å². The fourth-order valence-electron chi connectivity index (χ4n) is 2.47. The van der Waals surface area contributed by atoms with E-state index in [-0.39, 0.29) is 24.1 Å². The molecular weight excluding hydrogens is 352 g/mol. The van der Waals surface area contributed by atoms with Gasteiger partial charge in [-0.3, -0.25) is 0 Å². The van der Waals surface area contributed by atoms with Crippen LogP contribution < -0.4 is 20.1 Å². The lowest BCUT2D eigenvalue weighted by atomic mass is 10.2. The Morgan fingerprint density at radius 2 is 1.93 bits per heavy atom. The van der Waals surface area contributed by atoms with Crippen LogP contribution in [0.1, 0.15) is 16.3 Å². The van der Waals surface area contributed by atoms with Crippen molar-refractivity contribution in [3.8, 4) is 11.5 Å². The molecule has 0 saturated carbocycles. The number of hydrogen-bond acceptors (Lipinski definition) is 9. The Balaban J connectivity index is 1.80. The van der Waals surface area contributed by atoms with Crippen molar-refractivity contribution < 1.29 is 19.0 Å². The lowest BCUT2D eigenvalue weighted by Gasteiger charge is -2.11. The van der Waals surface area contributed by atoms with Crippen molar-refractivity contribution in [2.24, 2.45) is 0 Å². The van der Waals surface area contributed by atoms with E-state index in [1.165, 1.54) is 0 Å². The number of fused-ring (bicyclic) bond motifs is 1. The second-order valence-electron chi connectivity index (χ2n) is 5.86. The summed E-state index contributed by atoms with van der Waals surface area (Å²) >= 11 is 0. The lowest BCUT2D eigenvalue weighted by molar-refractivity contribution is 0.0456. The zero-order valence-electron chi connectivity index (χ0n) is 15.4. The van der Waals surface area contributed by atoms with Gasteiger partial charge in [0.05, 0.1) is 19.7 Å². The maximum Gasteiger partial charge on any atom is 0.355 e. The molecule has 3 rings (SSSR count). The summed E-state index contributed by atoms with van der Waals surface area (Å²) in [4.78, 5) is 29.3. The Morgan fingerprint density at radius 1 is 1.15 bits per heavy atom. The number of ether oxygens (including phenoxy) is 3. The van der Waals surface area contributed by atoms with Crippen molar-refractivity contribution in [3.63, 3.8) is 0 Å². The number of nitrogen functional groups attached to an aromatic ring is 1. The number of esters is 1. The van der Waals surface area contributed by atoms with Gasteiger partial charge in [-0.1, -0.05) is 0 Å². The predicted molar refractivity (Wildman–Crippen MR) is 99.1 cm³/mol. The minimum Gasteiger partial charge on any atom is -0.497 e. The number of carbonyl (C=O) groups excluding carboxylic acids is 1. The van der Waals surface area contributed by atoms with E-state index in [9.17, 15) is 4.79 Å². The Morgan fingerprint density at radius 3 is 2.59 bits per heavy atom. The van der Waals surface area contributed by atoms with Gasteiger partial charge in [0.25, 0.3) is 0 Å². The molecule has 3 aromatic rings. The standard InChI is InChI=1S/C17H20N6O4/c1-23(2)17-21-13(20-16(18)22-17)8-27-15(24)11-6-9-5-10(25-3)7-12(26-4)14(9)19-11/h5-7,19H,8H2,1-4H3,(H2,18,20,21,22). The summed E-state index contributed by atoms with van der Waals surface area (Å²) in [7, 11) is 6.65. The highest BCUT2D eigenvalue weighted by atomic mass is 16.5. The van der Waals surface area contributed by atoms with Crippen LogP contribution in [0.5, 0.6) is 11.5 Å². The molecule has 0 spiro atoms. The second-order valence-corrected chi connectivity index (χ2v) is 5.86. The molecule has 0 amide bonds. The molecule has 0 saturated heterocycles. The molecule has 0 aliphatic rings. The quantitative estimate of drug-likeness (QED) is 0.616. The van der Waals surface area contributed by atoms with Crippen LogP contribution in [-0.4, -0.2) is 54.2 Å².